The molecule has 9 nitrogen and oxygen atoms in total. The number of nitrogens with one attached hydrogen (secondary N) is 1. The van der Waals surface area contributed by atoms with Crippen molar-refractivity contribution in [2.24, 2.45) is 10.9 Å². The maximum atomic E-state index is 13.8. The molecule has 1 N–H and O–H groups in total. The summed E-state index contributed by atoms with van der Waals surface area (Å²) >= 11 is 0. The minimum atomic E-state index is -0.943. The van der Waals surface area contributed by atoms with E-state index in [-0.39, 0.29) is 43.2 Å². The average Bonchev–Trinajstić information content (AvgIpc) is 3.29. The lowest BCUT2D eigenvalue weighted by Gasteiger charge is -2.40. The Bertz CT molecular complexity index is 1330. The van der Waals surface area contributed by atoms with Gasteiger partial charge >= 0.3 is 0 Å². The number of amides is 3. The van der Waals surface area contributed by atoms with Crippen LogP contribution in [0.5, 0.6) is 0 Å². The molecular weight excluding hydrogens is 508 g/mol. The van der Waals surface area contributed by atoms with E-state index in [9.17, 15) is 19.2 Å². The normalized spacial score (nSPS) is 19.1. The van der Waals surface area contributed by atoms with Crippen molar-refractivity contribution in [3.05, 3.63) is 78.0 Å². The van der Waals surface area contributed by atoms with Crippen molar-refractivity contribution in [1.29, 1.82) is 0 Å². The van der Waals surface area contributed by atoms with Gasteiger partial charge in [0.15, 0.2) is 0 Å². The third-order valence-corrected chi connectivity index (χ3v) is 6.85. The van der Waals surface area contributed by atoms with Crippen LogP contribution in [0, 0.1) is 5.92 Å². The highest BCUT2D eigenvalue weighted by Gasteiger charge is 2.41. The first kappa shape index (κ1) is 28.7. The molecule has 9 heteroatoms. The summed E-state index contributed by atoms with van der Waals surface area (Å²) in [5, 5.41) is 2.84. The Labute approximate surface area is 234 Å². The van der Waals surface area contributed by atoms with Gasteiger partial charge in [-0.15, -0.1) is 0 Å². The molecule has 0 fully saturated rings. The molecule has 2 heterocycles. The van der Waals surface area contributed by atoms with Gasteiger partial charge in [0.1, 0.15) is 25.2 Å². The number of benzene rings is 2. The van der Waals surface area contributed by atoms with Crippen LogP contribution in [0.25, 0.3) is 5.70 Å². The number of hydrogen-bond donors (Lipinski definition) is 1. The lowest BCUT2D eigenvalue weighted by Crippen LogP contribution is -2.56. The Morgan fingerprint density at radius 2 is 1.68 bits per heavy atom. The van der Waals surface area contributed by atoms with E-state index in [4.69, 9.17) is 4.74 Å². The number of ether oxygens (including phenoxy) is 1. The van der Waals surface area contributed by atoms with Crippen LogP contribution in [0.2, 0.25) is 0 Å². The lowest BCUT2D eigenvalue weighted by molar-refractivity contribution is -0.144. The minimum Gasteiger partial charge on any atom is -0.473 e. The van der Waals surface area contributed by atoms with Crippen molar-refractivity contribution in [3.8, 4) is 0 Å². The fraction of sp³-hybridized carbons (Fsp3) is 0.387. The highest BCUT2D eigenvalue weighted by atomic mass is 16.5. The van der Waals surface area contributed by atoms with Crippen LogP contribution in [-0.2, 0) is 30.3 Å². The van der Waals surface area contributed by atoms with Crippen LogP contribution >= 0.6 is 0 Å². The second-order valence-electron chi connectivity index (χ2n) is 11.1. The van der Waals surface area contributed by atoms with Gasteiger partial charge in [0, 0.05) is 19.5 Å². The molecule has 2 aromatic rings. The molecule has 4 rings (SSSR count). The molecule has 0 spiro atoms. The molecule has 1 unspecified atom stereocenters. The van der Waals surface area contributed by atoms with Gasteiger partial charge < -0.3 is 15.0 Å². The largest absolute Gasteiger partial charge is 0.473 e. The van der Waals surface area contributed by atoms with Crippen molar-refractivity contribution in [1.82, 2.24) is 15.1 Å². The van der Waals surface area contributed by atoms with Gasteiger partial charge in [0.25, 0.3) is 11.8 Å². The third kappa shape index (κ3) is 6.47. The Balaban J connectivity index is 1.63. The van der Waals surface area contributed by atoms with Crippen LogP contribution in [0.15, 0.2) is 71.9 Å². The summed E-state index contributed by atoms with van der Waals surface area (Å²) in [5.41, 5.74) is 1.44. The molecule has 0 bridgehead atoms. The molecule has 3 amide bonds. The van der Waals surface area contributed by atoms with E-state index in [2.05, 4.69) is 10.3 Å². The highest BCUT2D eigenvalue weighted by molar-refractivity contribution is 6.39. The lowest BCUT2D eigenvalue weighted by atomic mass is 9.97. The van der Waals surface area contributed by atoms with Gasteiger partial charge in [-0.05, 0) is 30.9 Å². The maximum Gasteiger partial charge on any atom is 0.256 e. The van der Waals surface area contributed by atoms with Crippen molar-refractivity contribution < 1.29 is 23.9 Å². The molecule has 0 saturated heterocycles. The van der Waals surface area contributed by atoms with E-state index in [0.717, 1.165) is 5.56 Å². The van der Waals surface area contributed by atoms with Crippen molar-refractivity contribution in [3.63, 3.8) is 0 Å². The van der Waals surface area contributed by atoms with Crippen molar-refractivity contribution in [2.75, 3.05) is 13.2 Å². The monoisotopic (exact) mass is 544 g/mol. The summed E-state index contributed by atoms with van der Waals surface area (Å²) in [6, 6.07) is 16.8. The van der Waals surface area contributed by atoms with Crippen LogP contribution in [0.4, 0.5) is 0 Å². The fourth-order valence-corrected chi connectivity index (χ4v) is 4.88. The number of nitrogens with zero attached hydrogens (tertiary/aromatic N) is 3. The SMILES string of the molecule is CC(=O)N1C=C(c2ccccc2)N(CC(=O)N[C@H](Cc2ccccc2)C(=O)C2=NC(C)(C)CO2)C(=O)C1C(C)C. The molecule has 2 aliphatic heterocycles. The molecule has 2 atom stereocenters. The second kappa shape index (κ2) is 11.9. The molecule has 2 aliphatic rings. The summed E-state index contributed by atoms with van der Waals surface area (Å²) < 4.78 is 5.58. The van der Waals surface area contributed by atoms with Gasteiger partial charge in [0.2, 0.25) is 17.6 Å². The third-order valence-electron chi connectivity index (χ3n) is 6.85. The Kier molecular flexibility index (Phi) is 8.52. The predicted molar refractivity (Wildman–Crippen MR) is 152 cm³/mol. The van der Waals surface area contributed by atoms with Gasteiger partial charge in [-0.3, -0.25) is 24.1 Å². The second-order valence-corrected chi connectivity index (χ2v) is 11.1. The summed E-state index contributed by atoms with van der Waals surface area (Å²) in [7, 11) is 0. The Morgan fingerprint density at radius 3 is 2.23 bits per heavy atom. The molecule has 2 aromatic carbocycles. The Morgan fingerprint density at radius 1 is 1.05 bits per heavy atom. The summed E-state index contributed by atoms with van der Waals surface area (Å²) in [6.45, 7) is 8.81. The number of hydrogen-bond acceptors (Lipinski definition) is 6. The fourth-order valence-electron chi connectivity index (χ4n) is 4.88. The smallest absolute Gasteiger partial charge is 0.256 e. The van der Waals surface area contributed by atoms with Crippen LogP contribution in [0.3, 0.4) is 0 Å². The zero-order valence-corrected chi connectivity index (χ0v) is 23.6. The topological polar surface area (TPSA) is 108 Å². The number of ketones is 1. The van der Waals surface area contributed by atoms with Gasteiger partial charge in [0.05, 0.1) is 11.2 Å². The number of carbonyl (C=O) groups excluding carboxylic acids is 4. The standard InChI is InChI=1S/C31H36N4O5/c1-20(2)27-30(39)35(25(17-34(27)21(3)36)23-14-10-7-11-15-23)18-26(37)32-24(16-22-12-8-6-9-13-22)28(38)29-33-31(4,5)19-40-29/h6-15,17,20,24,27H,16,18-19H2,1-5H3,(H,32,37)/t24-,27?/m1/s1. The number of rotatable bonds is 9. The minimum absolute atomic E-state index is 0.0119. The van der Waals surface area contributed by atoms with Crippen LogP contribution in [-0.4, -0.2) is 70.0 Å². The van der Waals surface area contributed by atoms with E-state index >= 15 is 0 Å². The van der Waals surface area contributed by atoms with Gasteiger partial charge in [-0.2, -0.15) is 0 Å². The zero-order valence-electron chi connectivity index (χ0n) is 23.6. The summed E-state index contributed by atoms with van der Waals surface area (Å²) in [4.78, 5) is 60.5. The van der Waals surface area contributed by atoms with Crippen LogP contribution in [0.1, 0.15) is 45.7 Å². The van der Waals surface area contributed by atoms with E-state index in [1.54, 1.807) is 6.20 Å². The average molecular weight is 545 g/mol. The zero-order chi connectivity index (χ0) is 29.0. The molecule has 0 aromatic heterocycles. The van der Waals surface area contributed by atoms with E-state index in [0.29, 0.717) is 11.3 Å². The van der Waals surface area contributed by atoms with E-state index in [1.165, 1.54) is 16.7 Å². The maximum absolute atomic E-state index is 13.8. The first-order chi connectivity index (χ1) is 19.0. The predicted octanol–water partition coefficient (Wildman–Crippen LogP) is 3.20. The number of carbonyl (C=O) groups is 4. The summed E-state index contributed by atoms with van der Waals surface area (Å²) in [5.74, 6) is -1.77. The highest BCUT2D eigenvalue weighted by Crippen LogP contribution is 2.30. The molecule has 0 saturated carbocycles. The quantitative estimate of drug-likeness (QED) is 0.522. The number of aliphatic imine (C=N–C) groups is 1. The van der Waals surface area contributed by atoms with Crippen molar-refractivity contribution in [2.45, 2.75) is 58.7 Å². The first-order valence-electron chi connectivity index (χ1n) is 13.4. The molecular formula is C31H36N4O5. The van der Waals surface area contributed by atoms with Gasteiger partial charge in [-0.1, -0.05) is 74.5 Å². The molecule has 210 valence electrons. The molecule has 0 aliphatic carbocycles. The van der Waals surface area contributed by atoms with Crippen molar-refractivity contribution >= 4 is 35.1 Å². The van der Waals surface area contributed by atoms with Crippen LogP contribution < -0.4 is 5.32 Å². The van der Waals surface area contributed by atoms with E-state index in [1.807, 2.05) is 88.4 Å². The number of Topliss-reactive ketones (excluding diaryl/α,β-unsaturated/α-hetero) is 1. The molecule has 0 radical (unpaired) electrons. The Hall–Kier alpha value is -4.27. The first-order valence-corrected chi connectivity index (χ1v) is 13.4. The van der Waals surface area contributed by atoms with E-state index < -0.39 is 29.3 Å². The summed E-state index contributed by atoms with van der Waals surface area (Å²) in [6.07, 6.45) is 1.86. The van der Waals surface area contributed by atoms with Gasteiger partial charge in [-0.25, -0.2) is 4.99 Å². The molecule has 40 heavy (non-hydrogen) atoms.